The molecule has 0 aliphatic heterocycles. The van der Waals surface area contributed by atoms with Gasteiger partial charge in [0.1, 0.15) is 23.7 Å². The van der Waals surface area contributed by atoms with Crippen molar-refractivity contribution in [2.24, 2.45) is 0 Å². The summed E-state index contributed by atoms with van der Waals surface area (Å²) in [6.45, 7) is 0. The predicted octanol–water partition coefficient (Wildman–Crippen LogP) is 2.02. The molecule has 0 bridgehead atoms. The molecule has 1 aromatic rings. The average molecular weight is 241 g/mol. The highest BCUT2D eigenvalue weighted by Crippen LogP contribution is 2.54. The van der Waals surface area contributed by atoms with E-state index in [0.717, 1.165) is 0 Å². The van der Waals surface area contributed by atoms with Crippen molar-refractivity contribution in [2.45, 2.75) is 0 Å². The lowest BCUT2D eigenvalue weighted by atomic mass is 9.83. The fourth-order valence-corrected chi connectivity index (χ4v) is 1.97. The number of nitriles is 4. The van der Waals surface area contributed by atoms with Gasteiger partial charge in [0.15, 0.2) is 0 Å². The molecule has 5 radical (unpaired) electrons. The molecule has 19 heavy (non-hydrogen) atoms. The summed E-state index contributed by atoms with van der Waals surface area (Å²) in [4.78, 5) is 0. The Morgan fingerprint density at radius 3 is 1.37 bits per heavy atom. The first-order valence-electron chi connectivity index (χ1n) is 5.31. The molecule has 0 unspecified atom stereocenters. The van der Waals surface area contributed by atoms with Crippen molar-refractivity contribution in [3.63, 3.8) is 0 Å². The molecule has 1 fully saturated rings. The largest absolute Gasteiger partial charge is 0.198 e. The molecule has 1 aliphatic carbocycles. The van der Waals surface area contributed by atoms with E-state index < -0.39 is 0 Å². The quantitative estimate of drug-likeness (QED) is 0.751. The van der Waals surface area contributed by atoms with Crippen LogP contribution in [0, 0.1) is 74.9 Å². The Kier molecular flexibility index (Phi) is 3.47. The van der Waals surface area contributed by atoms with E-state index in [1.165, 1.54) is 0 Å². The Balaban J connectivity index is 2.53. The van der Waals surface area contributed by atoms with Gasteiger partial charge in [0.25, 0.3) is 0 Å². The maximum absolute atomic E-state index is 9.20. The van der Waals surface area contributed by atoms with Crippen LogP contribution in [0.5, 0.6) is 0 Å². The highest BCUT2D eigenvalue weighted by atomic mass is 14.5. The molecule has 4 heteroatoms. The Morgan fingerprint density at radius 1 is 0.579 bits per heavy atom. The monoisotopic (exact) mass is 241 g/mol. The summed E-state index contributed by atoms with van der Waals surface area (Å²) in [5, 5.41) is 36.6. The summed E-state index contributed by atoms with van der Waals surface area (Å²) < 4.78 is 0. The molecule has 0 atom stereocenters. The van der Waals surface area contributed by atoms with E-state index in [9.17, 15) is 10.5 Å². The van der Waals surface area contributed by atoms with Crippen LogP contribution in [0.3, 0.4) is 0 Å². The molecule has 0 N–H and O–H groups in total. The summed E-state index contributed by atoms with van der Waals surface area (Å²) in [7, 11) is 0. The summed E-state index contributed by atoms with van der Waals surface area (Å²) in [5.74, 6) is 0.475. The van der Waals surface area contributed by atoms with Gasteiger partial charge in [-0.2, -0.15) is 21.0 Å². The summed E-state index contributed by atoms with van der Waals surface area (Å²) in [5.41, 5.74) is 0.647. The lowest BCUT2D eigenvalue weighted by Crippen LogP contribution is -2.11. The minimum absolute atomic E-state index is 0.0274. The minimum atomic E-state index is -0.0274. The molecule has 4 nitrogen and oxygen atoms in total. The van der Waals surface area contributed by atoms with Crippen LogP contribution in [0.25, 0.3) is 0 Å². The second-order valence-electron chi connectivity index (χ2n) is 3.69. The fourth-order valence-electron chi connectivity index (χ4n) is 1.97. The zero-order valence-corrected chi connectivity index (χ0v) is 9.68. The van der Waals surface area contributed by atoms with Gasteiger partial charge in [-0.3, -0.25) is 0 Å². The molecule has 0 heterocycles. The molecule has 2 rings (SSSR count). The molecule has 1 aliphatic rings. The van der Waals surface area contributed by atoms with Crippen LogP contribution in [-0.2, 0) is 0 Å². The molecule has 0 aromatic heterocycles. The zero-order valence-electron chi connectivity index (χ0n) is 9.68. The van der Waals surface area contributed by atoms with Gasteiger partial charge in [-0.15, -0.1) is 0 Å². The van der Waals surface area contributed by atoms with Crippen molar-refractivity contribution in [1.29, 1.82) is 21.0 Å². The van der Waals surface area contributed by atoms with Gasteiger partial charge in [0.2, 0.25) is 0 Å². The maximum atomic E-state index is 9.20. The second-order valence-corrected chi connectivity index (χ2v) is 3.69. The van der Waals surface area contributed by atoms with Crippen LogP contribution < -0.4 is 0 Å². The molecular formula is C15H5N4. The van der Waals surface area contributed by atoms with Gasteiger partial charge in [0, 0.05) is 0 Å². The number of benzene rings is 1. The first-order chi connectivity index (χ1) is 9.28. The van der Waals surface area contributed by atoms with E-state index in [-0.39, 0.29) is 23.7 Å². The Morgan fingerprint density at radius 2 is 1.00 bits per heavy atom. The van der Waals surface area contributed by atoms with E-state index >= 15 is 0 Å². The summed E-state index contributed by atoms with van der Waals surface area (Å²) in [6, 6.07) is 16.3. The Bertz CT molecular complexity index is 585. The van der Waals surface area contributed by atoms with Gasteiger partial charge in [0.05, 0.1) is 30.2 Å². The smallest absolute Gasteiger partial charge is 0.122 e. The van der Waals surface area contributed by atoms with Crippen molar-refractivity contribution >= 4 is 0 Å². The van der Waals surface area contributed by atoms with Crippen molar-refractivity contribution in [1.82, 2.24) is 0 Å². The zero-order chi connectivity index (χ0) is 13.8. The van der Waals surface area contributed by atoms with Crippen molar-refractivity contribution < 1.29 is 0 Å². The van der Waals surface area contributed by atoms with E-state index in [1.807, 2.05) is 24.3 Å². The Hall–Kier alpha value is -2.82. The lowest BCUT2D eigenvalue weighted by molar-refractivity contribution is 1.11. The van der Waals surface area contributed by atoms with Gasteiger partial charge in [-0.25, -0.2) is 0 Å². The van der Waals surface area contributed by atoms with Crippen molar-refractivity contribution in [2.75, 3.05) is 0 Å². The van der Waals surface area contributed by atoms with Gasteiger partial charge >= 0.3 is 0 Å². The molecular weight excluding hydrogens is 236 g/mol. The SMILES string of the molecule is N#C[C]1[C](C#N)[C](C#N)[C](c2ccccc2)[C]1C#N. The molecule has 0 saturated heterocycles. The molecule has 0 amide bonds. The van der Waals surface area contributed by atoms with Crippen LogP contribution in [0.1, 0.15) is 5.56 Å². The van der Waals surface area contributed by atoms with Crippen molar-refractivity contribution in [3.8, 4) is 24.3 Å². The second kappa shape index (κ2) is 5.22. The maximum Gasteiger partial charge on any atom is 0.122 e. The molecule has 1 saturated carbocycles. The molecule has 85 valence electrons. The number of nitrogens with zero attached hydrogens (tertiary/aromatic N) is 4. The normalized spacial score (nSPS) is 18.3. The minimum Gasteiger partial charge on any atom is -0.198 e. The third-order valence-corrected chi connectivity index (χ3v) is 2.76. The summed E-state index contributed by atoms with van der Waals surface area (Å²) in [6.07, 6.45) is 0. The van der Waals surface area contributed by atoms with Gasteiger partial charge in [-0.05, 0) is 5.56 Å². The van der Waals surface area contributed by atoms with Gasteiger partial charge < -0.3 is 0 Å². The molecule has 1 aromatic carbocycles. The van der Waals surface area contributed by atoms with Crippen LogP contribution in [-0.4, -0.2) is 0 Å². The molecule has 0 spiro atoms. The van der Waals surface area contributed by atoms with Crippen LogP contribution in [0.15, 0.2) is 30.3 Å². The highest BCUT2D eigenvalue weighted by molar-refractivity contribution is 5.81. The third kappa shape index (κ3) is 1.91. The lowest BCUT2D eigenvalue weighted by Gasteiger charge is -2.14. The summed E-state index contributed by atoms with van der Waals surface area (Å²) >= 11 is 0. The standard InChI is InChI=1S/C15H5N4/c16-6-11-12(7-17)14(9-19)15(13(11)8-18)10-4-2-1-3-5-10/h1-5H. The first kappa shape index (κ1) is 12.6. The van der Waals surface area contributed by atoms with E-state index in [1.54, 1.807) is 30.3 Å². The number of hydrogen-bond acceptors (Lipinski definition) is 4. The fraction of sp³-hybridized carbons (Fsp3) is 0. The van der Waals surface area contributed by atoms with Gasteiger partial charge in [-0.1, -0.05) is 30.3 Å². The van der Waals surface area contributed by atoms with Crippen LogP contribution >= 0.6 is 0 Å². The van der Waals surface area contributed by atoms with Crippen LogP contribution in [0.2, 0.25) is 0 Å². The predicted molar refractivity (Wildman–Crippen MR) is 64.2 cm³/mol. The topological polar surface area (TPSA) is 95.2 Å². The average Bonchev–Trinajstić information content (AvgIpc) is 2.80. The van der Waals surface area contributed by atoms with E-state index in [2.05, 4.69) is 0 Å². The van der Waals surface area contributed by atoms with E-state index in [4.69, 9.17) is 10.5 Å². The first-order valence-corrected chi connectivity index (χ1v) is 5.31. The van der Waals surface area contributed by atoms with Crippen LogP contribution in [0.4, 0.5) is 0 Å². The number of rotatable bonds is 1. The van der Waals surface area contributed by atoms with E-state index in [0.29, 0.717) is 11.5 Å². The number of hydrogen-bond donors (Lipinski definition) is 0. The highest BCUT2D eigenvalue weighted by Gasteiger charge is 2.55. The Labute approximate surface area is 111 Å². The third-order valence-electron chi connectivity index (χ3n) is 2.76. The van der Waals surface area contributed by atoms with Crippen molar-refractivity contribution in [3.05, 3.63) is 65.5 Å².